The Morgan fingerprint density at radius 2 is 2.46 bits per heavy atom. The van der Waals surface area contributed by atoms with Crippen molar-refractivity contribution in [1.82, 2.24) is 5.32 Å². The van der Waals surface area contributed by atoms with E-state index in [4.69, 9.17) is 9.84 Å². The Bertz CT molecular complexity index is 164. The van der Waals surface area contributed by atoms with E-state index in [0.717, 1.165) is 19.3 Å². The molecule has 2 atom stereocenters. The molecular weight excluding hydrogens is 170 g/mol. The molecule has 2 N–H and O–H groups in total. The minimum Gasteiger partial charge on any atom is -0.392 e. The van der Waals surface area contributed by atoms with Crippen LogP contribution in [-0.4, -0.2) is 36.4 Å². The molecule has 1 rings (SSSR count). The first-order valence-corrected chi connectivity index (χ1v) is 4.77. The maximum absolute atomic E-state index is 11.4. The normalized spacial score (nSPS) is 25.2. The minimum absolute atomic E-state index is 0.0967. The third-order valence-corrected chi connectivity index (χ3v) is 2.04. The standard InChI is InChI=1S/C9H17NO3/c1-7(11)6-10-9(12)8-4-2-3-5-13-8/h7-8,11H,2-6H2,1H3,(H,10,12)/t7-,8?/m1/s1. The van der Waals surface area contributed by atoms with Crippen molar-refractivity contribution in [1.29, 1.82) is 0 Å². The van der Waals surface area contributed by atoms with Gasteiger partial charge in [0.1, 0.15) is 6.10 Å². The molecule has 0 aliphatic carbocycles. The summed E-state index contributed by atoms with van der Waals surface area (Å²) < 4.78 is 5.28. The number of hydrogen-bond acceptors (Lipinski definition) is 3. The summed E-state index contributed by atoms with van der Waals surface area (Å²) in [7, 11) is 0. The van der Waals surface area contributed by atoms with E-state index >= 15 is 0 Å². The van der Waals surface area contributed by atoms with Gasteiger partial charge in [-0.15, -0.1) is 0 Å². The molecule has 0 radical (unpaired) electrons. The van der Waals surface area contributed by atoms with Gasteiger partial charge < -0.3 is 15.2 Å². The molecule has 1 heterocycles. The first-order chi connectivity index (χ1) is 6.20. The summed E-state index contributed by atoms with van der Waals surface area (Å²) in [6.45, 7) is 2.62. The topological polar surface area (TPSA) is 58.6 Å². The highest BCUT2D eigenvalue weighted by Gasteiger charge is 2.21. The number of carbonyl (C=O) groups is 1. The zero-order chi connectivity index (χ0) is 9.68. The van der Waals surface area contributed by atoms with E-state index in [2.05, 4.69) is 5.32 Å². The molecular formula is C9H17NO3. The molecule has 1 unspecified atom stereocenters. The highest BCUT2D eigenvalue weighted by molar-refractivity contribution is 5.80. The van der Waals surface area contributed by atoms with Crippen LogP contribution in [0.3, 0.4) is 0 Å². The van der Waals surface area contributed by atoms with Crippen molar-refractivity contribution in [3.63, 3.8) is 0 Å². The molecule has 1 saturated heterocycles. The first kappa shape index (κ1) is 10.5. The Labute approximate surface area is 78.3 Å². The van der Waals surface area contributed by atoms with Gasteiger partial charge in [-0.25, -0.2) is 0 Å². The Balaban J connectivity index is 2.21. The molecule has 1 aliphatic heterocycles. The molecule has 0 saturated carbocycles. The third kappa shape index (κ3) is 3.74. The van der Waals surface area contributed by atoms with Crippen molar-refractivity contribution in [2.75, 3.05) is 13.2 Å². The zero-order valence-corrected chi connectivity index (χ0v) is 7.95. The van der Waals surface area contributed by atoms with Gasteiger partial charge in [-0.1, -0.05) is 0 Å². The molecule has 0 aromatic carbocycles. The van der Waals surface area contributed by atoms with Crippen molar-refractivity contribution in [2.45, 2.75) is 38.4 Å². The van der Waals surface area contributed by atoms with E-state index in [1.807, 2.05) is 0 Å². The molecule has 0 aromatic rings. The van der Waals surface area contributed by atoms with Gasteiger partial charge in [0, 0.05) is 13.2 Å². The highest BCUT2D eigenvalue weighted by atomic mass is 16.5. The van der Waals surface area contributed by atoms with Gasteiger partial charge in [-0.05, 0) is 26.2 Å². The van der Waals surface area contributed by atoms with Gasteiger partial charge in [0.25, 0.3) is 0 Å². The molecule has 0 aromatic heterocycles. The van der Waals surface area contributed by atoms with Gasteiger partial charge in [0.05, 0.1) is 6.10 Å². The van der Waals surface area contributed by atoms with Crippen molar-refractivity contribution < 1.29 is 14.6 Å². The number of aliphatic hydroxyl groups excluding tert-OH is 1. The molecule has 4 heteroatoms. The fraction of sp³-hybridized carbons (Fsp3) is 0.889. The fourth-order valence-electron chi connectivity index (χ4n) is 1.31. The predicted octanol–water partition coefficient (Wildman–Crippen LogP) is 0.0525. The monoisotopic (exact) mass is 187 g/mol. The second-order valence-corrected chi connectivity index (χ2v) is 3.45. The second-order valence-electron chi connectivity index (χ2n) is 3.45. The van der Waals surface area contributed by atoms with Gasteiger partial charge >= 0.3 is 0 Å². The second kappa shape index (κ2) is 5.19. The Kier molecular flexibility index (Phi) is 4.18. The molecule has 76 valence electrons. The van der Waals surface area contributed by atoms with E-state index in [1.165, 1.54) is 0 Å². The van der Waals surface area contributed by atoms with Crippen LogP contribution < -0.4 is 5.32 Å². The summed E-state index contributed by atoms with van der Waals surface area (Å²) in [5.41, 5.74) is 0. The lowest BCUT2D eigenvalue weighted by Crippen LogP contribution is -2.41. The predicted molar refractivity (Wildman–Crippen MR) is 48.3 cm³/mol. The van der Waals surface area contributed by atoms with Crippen LogP contribution in [0, 0.1) is 0 Å². The van der Waals surface area contributed by atoms with Gasteiger partial charge in [0.15, 0.2) is 0 Å². The summed E-state index contributed by atoms with van der Waals surface area (Å²) in [6.07, 6.45) is 2.10. The van der Waals surface area contributed by atoms with E-state index in [9.17, 15) is 4.79 Å². The number of hydrogen-bond donors (Lipinski definition) is 2. The summed E-state index contributed by atoms with van der Waals surface area (Å²) >= 11 is 0. The van der Waals surface area contributed by atoms with Crippen molar-refractivity contribution in [2.24, 2.45) is 0 Å². The van der Waals surface area contributed by atoms with Gasteiger partial charge in [0.2, 0.25) is 5.91 Å². The van der Waals surface area contributed by atoms with Crippen molar-refractivity contribution in [3.05, 3.63) is 0 Å². The summed E-state index contributed by atoms with van der Waals surface area (Å²) in [5.74, 6) is -0.0967. The molecule has 1 amide bonds. The van der Waals surface area contributed by atoms with Crippen LogP contribution in [-0.2, 0) is 9.53 Å². The lowest BCUT2D eigenvalue weighted by molar-refractivity contribution is -0.135. The minimum atomic E-state index is -0.493. The van der Waals surface area contributed by atoms with E-state index in [1.54, 1.807) is 6.92 Å². The molecule has 1 fully saturated rings. The third-order valence-electron chi connectivity index (χ3n) is 2.04. The lowest BCUT2D eigenvalue weighted by Gasteiger charge is -2.21. The maximum atomic E-state index is 11.4. The van der Waals surface area contributed by atoms with Crippen LogP contribution in [0.25, 0.3) is 0 Å². The van der Waals surface area contributed by atoms with E-state index in [-0.39, 0.29) is 12.0 Å². The number of ether oxygens (including phenoxy) is 1. The molecule has 0 spiro atoms. The number of rotatable bonds is 3. The van der Waals surface area contributed by atoms with E-state index < -0.39 is 6.10 Å². The van der Waals surface area contributed by atoms with Gasteiger partial charge in [-0.2, -0.15) is 0 Å². The lowest BCUT2D eigenvalue weighted by atomic mass is 10.1. The van der Waals surface area contributed by atoms with Crippen LogP contribution in [0.15, 0.2) is 0 Å². The van der Waals surface area contributed by atoms with Crippen LogP contribution in [0.1, 0.15) is 26.2 Å². The summed E-state index contributed by atoms with van der Waals surface area (Å²) in [4.78, 5) is 11.4. The number of amides is 1. The average molecular weight is 187 g/mol. The number of aliphatic hydroxyl groups is 1. The van der Waals surface area contributed by atoms with Gasteiger partial charge in [-0.3, -0.25) is 4.79 Å². The molecule has 4 nitrogen and oxygen atoms in total. The SMILES string of the molecule is C[C@@H](O)CNC(=O)C1CCCCO1. The van der Waals surface area contributed by atoms with Crippen molar-refractivity contribution in [3.8, 4) is 0 Å². The smallest absolute Gasteiger partial charge is 0.249 e. The van der Waals surface area contributed by atoms with Crippen LogP contribution in [0.4, 0.5) is 0 Å². The average Bonchev–Trinajstić information content (AvgIpc) is 2.15. The fourth-order valence-corrected chi connectivity index (χ4v) is 1.31. The molecule has 13 heavy (non-hydrogen) atoms. The van der Waals surface area contributed by atoms with E-state index in [0.29, 0.717) is 13.2 Å². The van der Waals surface area contributed by atoms with Crippen molar-refractivity contribution >= 4 is 5.91 Å². The Hall–Kier alpha value is -0.610. The number of carbonyl (C=O) groups excluding carboxylic acids is 1. The molecule has 0 bridgehead atoms. The Morgan fingerprint density at radius 1 is 1.69 bits per heavy atom. The summed E-state index contributed by atoms with van der Waals surface area (Å²) in [5, 5.41) is 11.6. The highest BCUT2D eigenvalue weighted by Crippen LogP contribution is 2.12. The zero-order valence-electron chi connectivity index (χ0n) is 7.95. The quantitative estimate of drug-likeness (QED) is 0.656. The largest absolute Gasteiger partial charge is 0.392 e. The Morgan fingerprint density at radius 3 is 3.00 bits per heavy atom. The molecule has 1 aliphatic rings. The maximum Gasteiger partial charge on any atom is 0.249 e. The summed E-state index contributed by atoms with van der Waals surface area (Å²) in [6, 6.07) is 0. The first-order valence-electron chi connectivity index (χ1n) is 4.77. The van der Waals surface area contributed by atoms with Crippen LogP contribution in [0.5, 0.6) is 0 Å². The van der Waals surface area contributed by atoms with Crippen LogP contribution in [0.2, 0.25) is 0 Å². The van der Waals surface area contributed by atoms with Crippen LogP contribution >= 0.6 is 0 Å². The number of nitrogens with one attached hydrogen (secondary N) is 1.